The average molecular weight is 400 g/mol. The first-order valence-corrected chi connectivity index (χ1v) is 9.06. The van der Waals surface area contributed by atoms with Gasteiger partial charge in [-0.1, -0.05) is 0 Å². The predicted octanol–water partition coefficient (Wildman–Crippen LogP) is 3.69. The quantitative estimate of drug-likeness (QED) is 0.430. The number of anilines is 1. The fourth-order valence-corrected chi connectivity index (χ4v) is 3.12. The van der Waals surface area contributed by atoms with Gasteiger partial charge in [-0.25, -0.2) is 4.79 Å². The van der Waals surface area contributed by atoms with E-state index in [2.05, 4.69) is 5.32 Å². The lowest BCUT2D eigenvalue weighted by molar-refractivity contribution is -0.119. The highest BCUT2D eigenvalue weighted by molar-refractivity contribution is 8.03. The monoisotopic (exact) mass is 400 g/mol. The molecule has 28 heavy (non-hydrogen) atoms. The smallest absolute Gasteiger partial charge is 0.338 e. The third-order valence-corrected chi connectivity index (χ3v) is 4.42. The first-order chi connectivity index (χ1) is 13.4. The van der Waals surface area contributed by atoms with Gasteiger partial charge < -0.3 is 19.5 Å². The summed E-state index contributed by atoms with van der Waals surface area (Å²) < 4.78 is 15.3. The summed E-state index contributed by atoms with van der Waals surface area (Å²) in [6.45, 7) is 3.23. The molecule has 0 fully saturated rings. The van der Waals surface area contributed by atoms with Crippen LogP contribution in [0.4, 0.5) is 5.69 Å². The van der Waals surface area contributed by atoms with Gasteiger partial charge in [0.2, 0.25) is 0 Å². The molecule has 0 aromatic heterocycles. The summed E-state index contributed by atoms with van der Waals surface area (Å²) in [6.07, 6.45) is 0. The normalized spacial score (nSPS) is 9.96. The van der Waals surface area contributed by atoms with E-state index in [1.807, 2.05) is 31.4 Å². The predicted molar refractivity (Wildman–Crippen MR) is 106 cm³/mol. The first-order valence-electron chi connectivity index (χ1n) is 8.25. The van der Waals surface area contributed by atoms with E-state index in [0.717, 1.165) is 27.8 Å². The number of ether oxygens (including phenoxy) is 3. The van der Waals surface area contributed by atoms with E-state index < -0.39 is 18.5 Å². The summed E-state index contributed by atoms with van der Waals surface area (Å²) in [6, 6.07) is 8.25. The second-order valence-electron chi connectivity index (χ2n) is 5.85. The van der Waals surface area contributed by atoms with Crippen LogP contribution in [0.5, 0.6) is 11.5 Å². The van der Waals surface area contributed by atoms with E-state index in [4.69, 9.17) is 19.5 Å². The number of nitriles is 1. The lowest BCUT2D eigenvalue weighted by Crippen LogP contribution is -2.22. The number of carbonyl (C=O) groups is 2. The van der Waals surface area contributed by atoms with Gasteiger partial charge in [0, 0.05) is 16.6 Å². The second-order valence-corrected chi connectivity index (χ2v) is 6.71. The number of nitrogens with one attached hydrogen (secondary N) is 1. The molecule has 0 heterocycles. The highest BCUT2D eigenvalue weighted by atomic mass is 32.2. The van der Waals surface area contributed by atoms with Crippen molar-refractivity contribution in [3.8, 4) is 16.9 Å². The molecule has 2 aromatic carbocycles. The number of thioether (sulfide) groups is 1. The number of benzene rings is 2. The standard InChI is InChI=1S/C20H20N2O5S/c1-12-5-17(28-11-21)6-13(2)19(12)22-18(23)10-27-20(24)14-7-15(25-3)9-16(8-14)26-4/h5-9H,10H2,1-4H3,(H,22,23). The molecule has 0 atom stereocenters. The van der Waals surface area contributed by atoms with Gasteiger partial charge in [-0.3, -0.25) is 4.79 Å². The SMILES string of the molecule is COc1cc(OC)cc(C(=O)OCC(=O)Nc2c(C)cc(SC#N)cc2C)c1. The number of aryl methyl sites for hydroxylation is 2. The second kappa shape index (κ2) is 9.67. The molecule has 0 aliphatic heterocycles. The molecule has 0 aliphatic carbocycles. The zero-order chi connectivity index (χ0) is 20.7. The van der Waals surface area contributed by atoms with Crippen LogP contribution in [0.1, 0.15) is 21.5 Å². The lowest BCUT2D eigenvalue weighted by atomic mass is 10.1. The minimum atomic E-state index is -0.665. The number of esters is 1. The molecule has 0 bridgehead atoms. The summed E-state index contributed by atoms with van der Waals surface area (Å²) in [5.74, 6) is -0.244. The fourth-order valence-electron chi connectivity index (χ4n) is 2.55. The lowest BCUT2D eigenvalue weighted by Gasteiger charge is -2.13. The van der Waals surface area contributed by atoms with Crippen molar-refractivity contribution < 1.29 is 23.8 Å². The van der Waals surface area contributed by atoms with Gasteiger partial charge in [-0.05, 0) is 61.0 Å². The van der Waals surface area contributed by atoms with Crippen LogP contribution in [0, 0.1) is 24.5 Å². The zero-order valence-corrected chi connectivity index (χ0v) is 16.8. The van der Waals surface area contributed by atoms with Gasteiger partial charge in [0.25, 0.3) is 5.91 Å². The van der Waals surface area contributed by atoms with Crippen molar-refractivity contribution in [3.05, 3.63) is 47.0 Å². The third kappa shape index (κ3) is 5.41. The highest BCUT2D eigenvalue weighted by Crippen LogP contribution is 2.27. The fraction of sp³-hybridized carbons (Fsp3) is 0.250. The molecule has 7 nitrogen and oxygen atoms in total. The molecule has 0 saturated heterocycles. The Morgan fingerprint density at radius 1 is 1.04 bits per heavy atom. The van der Waals surface area contributed by atoms with Gasteiger partial charge in [-0.15, -0.1) is 0 Å². The number of thiocyanates is 1. The molecule has 0 unspecified atom stereocenters. The number of hydrogen-bond donors (Lipinski definition) is 1. The Kier molecular flexibility index (Phi) is 7.29. The zero-order valence-electron chi connectivity index (χ0n) is 16.0. The molecular formula is C20H20N2O5S. The van der Waals surface area contributed by atoms with E-state index >= 15 is 0 Å². The molecule has 0 radical (unpaired) electrons. The summed E-state index contributed by atoms with van der Waals surface area (Å²) in [4.78, 5) is 25.3. The molecule has 146 valence electrons. The van der Waals surface area contributed by atoms with Gasteiger partial charge in [0.1, 0.15) is 16.9 Å². The van der Waals surface area contributed by atoms with Gasteiger partial charge >= 0.3 is 5.97 Å². The van der Waals surface area contributed by atoms with Crippen LogP contribution in [0.3, 0.4) is 0 Å². The molecular weight excluding hydrogens is 380 g/mol. The number of methoxy groups -OCH3 is 2. The van der Waals surface area contributed by atoms with Crippen LogP contribution in [0.2, 0.25) is 0 Å². The molecule has 1 N–H and O–H groups in total. The summed E-state index contributed by atoms with van der Waals surface area (Å²) in [5, 5.41) is 13.5. The Hall–Kier alpha value is -3.18. The topological polar surface area (TPSA) is 97.7 Å². The van der Waals surface area contributed by atoms with Gasteiger partial charge in [-0.2, -0.15) is 5.26 Å². The molecule has 0 saturated carbocycles. The molecule has 2 rings (SSSR count). The van der Waals surface area contributed by atoms with Crippen LogP contribution in [0.25, 0.3) is 0 Å². The van der Waals surface area contributed by atoms with E-state index in [9.17, 15) is 9.59 Å². The van der Waals surface area contributed by atoms with E-state index in [0.29, 0.717) is 17.2 Å². The van der Waals surface area contributed by atoms with Crippen LogP contribution in [-0.2, 0) is 9.53 Å². The number of amides is 1. The van der Waals surface area contributed by atoms with Gasteiger partial charge in [0.15, 0.2) is 6.61 Å². The largest absolute Gasteiger partial charge is 0.497 e. The Morgan fingerprint density at radius 3 is 2.11 bits per heavy atom. The van der Waals surface area contributed by atoms with Crippen molar-refractivity contribution in [2.24, 2.45) is 0 Å². The molecule has 0 aliphatic rings. The Bertz CT molecular complexity index is 891. The maximum atomic E-state index is 12.2. The highest BCUT2D eigenvalue weighted by Gasteiger charge is 2.15. The van der Waals surface area contributed by atoms with E-state index in [1.165, 1.54) is 26.4 Å². The number of nitrogens with zero attached hydrogens (tertiary/aromatic N) is 1. The Morgan fingerprint density at radius 2 is 1.61 bits per heavy atom. The van der Waals surface area contributed by atoms with Crippen molar-refractivity contribution in [2.75, 3.05) is 26.1 Å². The van der Waals surface area contributed by atoms with Crippen LogP contribution in [-0.4, -0.2) is 32.7 Å². The summed E-state index contributed by atoms with van der Waals surface area (Å²) in [7, 11) is 2.95. The molecule has 1 amide bonds. The Balaban J connectivity index is 2.03. The molecule has 2 aromatic rings. The summed E-state index contributed by atoms with van der Waals surface area (Å²) >= 11 is 1.05. The first kappa shape index (κ1) is 21.1. The molecule has 0 spiro atoms. The van der Waals surface area contributed by atoms with Crippen LogP contribution < -0.4 is 14.8 Å². The van der Waals surface area contributed by atoms with Crippen LogP contribution in [0.15, 0.2) is 35.2 Å². The number of hydrogen-bond acceptors (Lipinski definition) is 7. The van der Waals surface area contributed by atoms with E-state index in [1.54, 1.807) is 6.07 Å². The summed E-state index contributed by atoms with van der Waals surface area (Å²) in [5.41, 5.74) is 2.48. The average Bonchev–Trinajstić information content (AvgIpc) is 2.68. The maximum Gasteiger partial charge on any atom is 0.338 e. The third-order valence-electron chi connectivity index (χ3n) is 3.86. The van der Waals surface area contributed by atoms with Crippen molar-refractivity contribution in [1.29, 1.82) is 5.26 Å². The van der Waals surface area contributed by atoms with Gasteiger partial charge in [0.05, 0.1) is 19.8 Å². The van der Waals surface area contributed by atoms with Crippen molar-refractivity contribution in [2.45, 2.75) is 18.7 Å². The number of carbonyl (C=O) groups excluding carboxylic acids is 2. The Labute approximate surface area is 167 Å². The number of rotatable bonds is 7. The molecule has 8 heteroatoms. The van der Waals surface area contributed by atoms with Crippen molar-refractivity contribution in [3.63, 3.8) is 0 Å². The minimum absolute atomic E-state index is 0.217. The minimum Gasteiger partial charge on any atom is -0.497 e. The van der Waals surface area contributed by atoms with Crippen molar-refractivity contribution in [1.82, 2.24) is 0 Å². The van der Waals surface area contributed by atoms with Crippen molar-refractivity contribution >= 4 is 29.3 Å². The maximum absolute atomic E-state index is 12.2. The van der Waals surface area contributed by atoms with Crippen LogP contribution >= 0.6 is 11.8 Å². The van der Waals surface area contributed by atoms with E-state index in [-0.39, 0.29) is 5.56 Å².